The highest BCUT2D eigenvalue weighted by molar-refractivity contribution is 7.89. The third-order valence-electron chi connectivity index (χ3n) is 6.10. The van der Waals surface area contributed by atoms with Gasteiger partial charge in [-0.2, -0.15) is 4.72 Å². The van der Waals surface area contributed by atoms with E-state index in [-0.39, 0.29) is 28.3 Å². The molecule has 0 spiro atoms. The highest BCUT2D eigenvalue weighted by Gasteiger charge is 2.30. The second-order valence-corrected chi connectivity index (χ2v) is 10.7. The van der Waals surface area contributed by atoms with E-state index in [1.165, 1.54) is 23.8 Å². The number of halogens is 1. The fraction of sp³-hybridized carbons (Fsp3) is 0.296. The molecular weight excluding hydrogens is 484 g/mol. The Bertz CT molecular complexity index is 1280. The zero-order chi connectivity index (χ0) is 24.8. The quantitative estimate of drug-likeness (QED) is 0.430. The molecule has 8 heteroatoms. The number of amides is 1. The van der Waals surface area contributed by atoms with Crippen molar-refractivity contribution in [1.29, 1.82) is 0 Å². The second kappa shape index (κ2) is 11.2. The van der Waals surface area contributed by atoms with Gasteiger partial charge in [0.1, 0.15) is 11.8 Å². The average molecular weight is 513 g/mol. The third-order valence-corrected chi connectivity index (χ3v) is 7.86. The van der Waals surface area contributed by atoms with E-state index in [4.69, 9.17) is 16.3 Å². The Morgan fingerprint density at radius 3 is 2.57 bits per heavy atom. The third kappa shape index (κ3) is 6.23. The first kappa shape index (κ1) is 25.2. The first-order valence-electron chi connectivity index (χ1n) is 11.7. The molecule has 0 unspecified atom stereocenters. The van der Waals surface area contributed by atoms with Crippen molar-refractivity contribution in [2.24, 2.45) is 0 Å². The molecule has 2 atom stereocenters. The summed E-state index contributed by atoms with van der Waals surface area (Å²) in [6.45, 7) is 2.23. The van der Waals surface area contributed by atoms with Gasteiger partial charge < -0.3 is 10.1 Å². The van der Waals surface area contributed by atoms with Gasteiger partial charge in [0.25, 0.3) is 0 Å². The maximum atomic E-state index is 13.5. The Kier molecular flexibility index (Phi) is 8.11. The van der Waals surface area contributed by atoms with Crippen LogP contribution in [-0.2, 0) is 27.7 Å². The minimum Gasteiger partial charge on any atom is -0.492 e. The van der Waals surface area contributed by atoms with Gasteiger partial charge in [0.05, 0.1) is 22.6 Å². The molecule has 6 nitrogen and oxygen atoms in total. The van der Waals surface area contributed by atoms with Crippen LogP contribution in [0, 0.1) is 0 Å². The first-order chi connectivity index (χ1) is 16.9. The summed E-state index contributed by atoms with van der Waals surface area (Å²) in [5, 5.41) is 3.29. The number of aryl methyl sites for hydroxylation is 1. The van der Waals surface area contributed by atoms with Crippen LogP contribution in [0.2, 0.25) is 5.02 Å². The summed E-state index contributed by atoms with van der Waals surface area (Å²) in [5.41, 5.74) is 3.16. The van der Waals surface area contributed by atoms with Crippen LogP contribution in [-0.4, -0.2) is 27.0 Å². The normalized spacial score (nSPS) is 16.2. The molecule has 1 aliphatic carbocycles. The molecule has 3 aromatic rings. The predicted octanol–water partition coefficient (Wildman–Crippen LogP) is 4.82. The summed E-state index contributed by atoms with van der Waals surface area (Å²) in [6, 6.07) is 20.5. The van der Waals surface area contributed by atoms with Crippen molar-refractivity contribution >= 4 is 27.5 Å². The molecule has 0 saturated heterocycles. The van der Waals surface area contributed by atoms with Crippen LogP contribution in [0.25, 0.3) is 0 Å². The minimum absolute atomic E-state index is 0.0279. The molecule has 184 valence electrons. The van der Waals surface area contributed by atoms with E-state index >= 15 is 0 Å². The molecule has 1 amide bonds. The fourth-order valence-corrected chi connectivity index (χ4v) is 5.91. The van der Waals surface area contributed by atoms with Crippen molar-refractivity contribution in [1.82, 2.24) is 10.0 Å². The number of hydrogen-bond donors (Lipinski definition) is 2. The minimum atomic E-state index is -4.03. The fourth-order valence-electron chi connectivity index (χ4n) is 4.39. The number of fused-ring (bicyclic) bond motifs is 1. The summed E-state index contributed by atoms with van der Waals surface area (Å²) in [7, 11) is -4.03. The number of carbonyl (C=O) groups excluding carboxylic acids is 1. The molecule has 2 N–H and O–H groups in total. The number of sulfonamides is 1. The molecule has 0 aliphatic heterocycles. The zero-order valence-corrected chi connectivity index (χ0v) is 21.1. The van der Waals surface area contributed by atoms with E-state index < -0.39 is 16.1 Å². The van der Waals surface area contributed by atoms with Crippen LogP contribution >= 0.6 is 11.6 Å². The van der Waals surface area contributed by atoms with E-state index in [0.29, 0.717) is 12.4 Å². The lowest BCUT2D eigenvalue weighted by atomic mass is 9.87. The SMILES string of the molecule is CCOc1ccc(S(=O)(=O)N[C@@H](Cc2ccccc2)C(=O)N[C@@H]2CCCc3ccccc32)cc1Cl. The second-order valence-electron chi connectivity index (χ2n) is 8.54. The molecule has 0 saturated carbocycles. The van der Waals surface area contributed by atoms with Gasteiger partial charge in [0.2, 0.25) is 15.9 Å². The first-order valence-corrected chi connectivity index (χ1v) is 13.6. The lowest BCUT2D eigenvalue weighted by molar-refractivity contribution is -0.123. The highest BCUT2D eigenvalue weighted by Crippen LogP contribution is 2.30. The lowest BCUT2D eigenvalue weighted by Gasteiger charge is -2.28. The van der Waals surface area contributed by atoms with Gasteiger partial charge >= 0.3 is 0 Å². The standard InChI is InChI=1S/C27H29ClN2O4S/c1-2-34-26-16-15-21(18-23(26)28)35(32,33)30-25(17-19-9-4-3-5-10-19)27(31)29-24-14-8-12-20-11-6-7-13-22(20)24/h3-7,9-11,13,15-16,18,24-25,30H,2,8,12,14,17H2,1H3,(H,29,31)/t24-,25+/m1/s1. The summed E-state index contributed by atoms with van der Waals surface area (Å²) >= 11 is 6.22. The van der Waals surface area contributed by atoms with Crippen LogP contribution in [0.1, 0.15) is 42.5 Å². The van der Waals surface area contributed by atoms with Crippen molar-refractivity contribution in [3.05, 3.63) is 94.5 Å². The molecule has 35 heavy (non-hydrogen) atoms. The monoisotopic (exact) mass is 512 g/mol. The van der Waals surface area contributed by atoms with Crippen molar-refractivity contribution in [3.8, 4) is 5.75 Å². The smallest absolute Gasteiger partial charge is 0.241 e. The Morgan fingerprint density at radius 1 is 1.09 bits per heavy atom. The summed E-state index contributed by atoms with van der Waals surface area (Å²) in [5.74, 6) is 0.0406. The van der Waals surface area contributed by atoms with Gasteiger partial charge in [-0.15, -0.1) is 0 Å². The number of carbonyl (C=O) groups is 1. The average Bonchev–Trinajstić information content (AvgIpc) is 2.85. The Balaban J connectivity index is 1.58. The zero-order valence-electron chi connectivity index (χ0n) is 19.5. The molecule has 0 fully saturated rings. The van der Waals surface area contributed by atoms with Gasteiger partial charge in [-0.05, 0) is 67.5 Å². The van der Waals surface area contributed by atoms with Gasteiger partial charge in [-0.3, -0.25) is 4.79 Å². The Morgan fingerprint density at radius 2 is 1.83 bits per heavy atom. The molecule has 0 bridgehead atoms. The maximum Gasteiger partial charge on any atom is 0.241 e. The molecule has 1 aliphatic rings. The summed E-state index contributed by atoms with van der Waals surface area (Å²) in [6.07, 6.45) is 2.95. The topological polar surface area (TPSA) is 84.5 Å². The summed E-state index contributed by atoms with van der Waals surface area (Å²) in [4.78, 5) is 13.4. The summed E-state index contributed by atoms with van der Waals surface area (Å²) < 4.78 is 34.5. The molecule has 3 aromatic carbocycles. The van der Waals surface area contributed by atoms with Crippen LogP contribution in [0.3, 0.4) is 0 Å². The number of hydrogen-bond acceptors (Lipinski definition) is 4. The predicted molar refractivity (Wildman–Crippen MR) is 137 cm³/mol. The van der Waals surface area contributed by atoms with Crippen molar-refractivity contribution in [2.75, 3.05) is 6.61 Å². The van der Waals surface area contributed by atoms with Gasteiger partial charge in [0.15, 0.2) is 0 Å². The molecular formula is C27H29ClN2O4S. The van der Waals surface area contributed by atoms with Crippen LogP contribution in [0.15, 0.2) is 77.7 Å². The van der Waals surface area contributed by atoms with Crippen LogP contribution < -0.4 is 14.8 Å². The van der Waals surface area contributed by atoms with E-state index in [2.05, 4.69) is 16.1 Å². The number of rotatable bonds is 9. The Labute approximate surface area is 211 Å². The van der Waals surface area contributed by atoms with Crippen molar-refractivity contribution in [2.45, 2.75) is 49.6 Å². The largest absolute Gasteiger partial charge is 0.492 e. The lowest BCUT2D eigenvalue weighted by Crippen LogP contribution is -2.49. The highest BCUT2D eigenvalue weighted by atomic mass is 35.5. The van der Waals surface area contributed by atoms with Gasteiger partial charge in [0, 0.05) is 0 Å². The molecule has 0 heterocycles. The van der Waals surface area contributed by atoms with Crippen molar-refractivity contribution in [3.63, 3.8) is 0 Å². The van der Waals surface area contributed by atoms with E-state index in [0.717, 1.165) is 30.4 Å². The Hall–Kier alpha value is -2.87. The number of ether oxygens (including phenoxy) is 1. The van der Waals surface area contributed by atoms with Gasteiger partial charge in [-0.1, -0.05) is 66.2 Å². The van der Waals surface area contributed by atoms with E-state index in [9.17, 15) is 13.2 Å². The number of nitrogens with one attached hydrogen (secondary N) is 2. The van der Waals surface area contributed by atoms with Gasteiger partial charge in [-0.25, -0.2) is 8.42 Å². The van der Waals surface area contributed by atoms with Crippen LogP contribution in [0.5, 0.6) is 5.75 Å². The number of benzene rings is 3. The van der Waals surface area contributed by atoms with E-state index in [1.807, 2.05) is 55.5 Å². The maximum absolute atomic E-state index is 13.5. The molecule has 0 aromatic heterocycles. The van der Waals surface area contributed by atoms with E-state index in [1.54, 1.807) is 0 Å². The van der Waals surface area contributed by atoms with Crippen molar-refractivity contribution < 1.29 is 17.9 Å². The van der Waals surface area contributed by atoms with Crippen LogP contribution in [0.4, 0.5) is 0 Å². The molecule has 4 rings (SSSR count). The molecule has 0 radical (unpaired) electrons.